The molecule has 1 N–H and O–H groups in total. The molecule has 16 heavy (non-hydrogen) atoms. The second-order valence-corrected chi connectivity index (χ2v) is 3.52. The van der Waals surface area contributed by atoms with Crippen LogP contribution >= 0.6 is 11.8 Å². The molecule has 6 heteroatoms. The third kappa shape index (κ3) is 1.90. The first-order valence-corrected chi connectivity index (χ1v) is 4.93. The van der Waals surface area contributed by atoms with E-state index in [1.165, 1.54) is 6.20 Å². The maximum Gasteiger partial charge on any atom is 0.272 e. The van der Waals surface area contributed by atoms with E-state index in [1.54, 1.807) is 18.3 Å². The lowest BCUT2D eigenvalue weighted by Crippen LogP contribution is -2.27. The smallest absolute Gasteiger partial charge is 0.272 e. The van der Waals surface area contributed by atoms with Gasteiger partial charge >= 0.3 is 0 Å². The summed E-state index contributed by atoms with van der Waals surface area (Å²) in [6, 6.07) is 3.34. The molecule has 0 atom stereocenters. The number of hydrogen-bond acceptors (Lipinski definition) is 3. The van der Waals surface area contributed by atoms with Crippen molar-refractivity contribution < 1.29 is 4.79 Å². The van der Waals surface area contributed by atoms with Crippen LogP contribution in [0.25, 0.3) is 0 Å². The van der Waals surface area contributed by atoms with E-state index in [0.717, 1.165) is 4.42 Å². The number of hydrogen-bond donors (Lipinski definition) is 1. The number of amidine groups is 1. The number of aliphatic imine (C=N–C) groups is 1. The van der Waals surface area contributed by atoms with Crippen molar-refractivity contribution in [3.05, 3.63) is 36.7 Å². The van der Waals surface area contributed by atoms with E-state index in [0.29, 0.717) is 17.2 Å². The van der Waals surface area contributed by atoms with Crippen molar-refractivity contribution in [3.8, 4) is 0 Å². The normalized spacial score (nSPS) is 17.7. The maximum absolute atomic E-state index is 11.8. The van der Waals surface area contributed by atoms with Gasteiger partial charge in [0.1, 0.15) is 11.7 Å². The standard InChI is InChI=1S/C10H9ClN4O/c1-2-12-8-6-15(11)10(16)7-4-3-5-13-9(7)14-8/h2-5H,1,6H2,(H,12,13,14). The largest absolute Gasteiger partial charge is 0.326 e. The van der Waals surface area contributed by atoms with E-state index in [9.17, 15) is 4.79 Å². The molecule has 0 aromatic carbocycles. The van der Waals surface area contributed by atoms with Gasteiger partial charge in [0.15, 0.2) is 0 Å². The van der Waals surface area contributed by atoms with Crippen molar-refractivity contribution in [2.24, 2.45) is 4.99 Å². The SMILES string of the molecule is C=CN=C1CN(Cl)C(=O)c2cccnc2N1. The lowest BCUT2D eigenvalue weighted by molar-refractivity contribution is 0.0878. The van der Waals surface area contributed by atoms with Gasteiger partial charge in [-0.15, -0.1) is 0 Å². The zero-order chi connectivity index (χ0) is 11.5. The summed E-state index contributed by atoms with van der Waals surface area (Å²) in [5.74, 6) is 0.679. The summed E-state index contributed by atoms with van der Waals surface area (Å²) in [5.41, 5.74) is 0.423. The summed E-state index contributed by atoms with van der Waals surface area (Å²) in [5, 5.41) is 2.94. The Labute approximate surface area is 97.6 Å². The molecule has 0 bridgehead atoms. The molecule has 1 amide bonds. The van der Waals surface area contributed by atoms with Crippen LogP contribution in [-0.4, -0.2) is 27.7 Å². The number of amides is 1. The highest BCUT2D eigenvalue weighted by Crippen LogP contribution is 2.19. The molecule has 0 unspecified atom stereocenters. The molecule has 82 valence electrons. The van der Waals surface area contributed by atoms with Crippen molar-refractivity contribution in [1.29, 1.82) is 0 Å². The molecule has 5 nitrogen and oxygen atoms in total. The summed E-state index contributed by atoms with van der Waals surface area (Å²) in [7, 11) is 0. The number of halogens is 1. The zero-order valence-corrected chi connectivity index (χ0v) is 9.11. The first kappa shape index (κ1) is 10.6. The van der Waals surface area contributed by atoms with E-state index < -0.39 is 0 Å². The van der Waals surface area contributed by atoms with Crippen LogP contribution in [0.4, 0.5) is 5.82 Å². The van der Waals surface area contributed by atoms with Gasteiger partial charge < -0.3 is 5.32 Å². The Hall–Kier alpha value is -1.88. The highest BCUT2D eigenvalue weighted by atomic mass is 35.5. The molecule has 1 aliphatic heterocycles. The third-order valence-electron chi connectivity index (χ3n) is 2.06. The fourth-order valence-electron chi connectivity index (χ4n) is 1.37. The summed E-state index contributed by atoms with van der Waals surface area (Å²) < 4.78 is 1.06. The number of aromatic nitrogens is 1. The van der Waals surface area contributed by atoms with Gasteiger partial charge in [-0.05, 0) is 12.1 Å². The van der Waals surface area contributed by atoms with Gasteiger partial charge in [0.25, 0.3) is 5.91 Å². The highest BCUT2D eigenvalue weighted by molar-refractivity contribution is 6.27. The molecule has 0 saturated heterocycles. The van der Waals surface area contributed by atoms with Gasteiger partial charge in [0.2, 0.25) is 0 Å². The average Bonchev–Trinajstić information content (AvgIpc) is 2.39. The van der Waals surface area contributed by atoms with Gasteiger partial charge in [-0.2, -0.15) is 0 Å². The minimum atomic E-state index is -0.300. The van der Waals surface area contributed by atoms with Crippen LogP contribution in [0.5, 0.6) is 0 Å². The number of nitrogens with zero attached hydrogens (tertiary/aromatic N) is 3. The molecular weight excluding hydrogens is 228 g/mol. The van der Waals surface area contributed by atoms with Crippen molar-refractivity contribution in [2.45, 2.75) is 0 Å². The van der Waals surface area contributed by atoms with Gasteiger partial charge in [0.05, 0.1) is 12.1 Å². The first-order valence-electron chi connectivity index (χ1n) is 4.59. The predicted molar refractivity (Wildman–Crippen MR) is 62.4 cm³/mol. The molecular formula is C10H9ClN4O. The number of carbonyl (C=O) groups is 1. The molecule has 0 aliphatic carbocycles. The summed E-state index contributed by atoms with van der Waals surface area (Å²) in [4.78, 5) is 19.9. The Kier molecular flexibility index (Phi) is 2.87. The number of rotatable bonds is 1. The lowest BCUT2D eigenvalue weighted by atomic mass is 10.2. The average molecular weight is 237 g/mol. The van der Waals surface area contributed by atoms with E-state index in [2.05, 4.69) is 21.9 Å². The topological polar surface area (TPSA) is 57.6 Å². The van der Waals surface area contributed by atoms with Crippen LogP contribution in [0.15, 0.2) is 36.1 Å². The zero-order valence-electron chi connectivity index (χ0n) is 8.35. The van der Waals surface area contributed by atoms with Gasteiger partial charge in [-0.25, -0.2) is 14.4 Å². The fourth-order valence-corrected chi connectivity index (χ4v) is 1.58. The van der Waals surface area contributed by atoms with Gasteiger partial charge in [-0.3, -0.25) is 4.79 Å². The molecule has 1 aliphatic rings. The molecule has 0 spiro atoms. The van der Waals surface area contributed by atoms with Gasteiger partial charge in [-0.1, -0.05) is 6.58 Å². The molecule has 0 fully saturated rings. The van der Waals surface area contributed by atoms with Crippen molar-refractivity contribution >= 4 is 29.3 Å². The van der Waals surface area contributed by atoms with Crippen LogP contribution in [0, 0.1) is 0 Å². The Bertz CT molecular complexity index is 472. The quantitative estimate of drug-likeness (QED) is 0.755. The Balaban J connectivity index is 2.48. The summed E-state index contributed by atoms with van der Waals surface area (Å²) in [6.45, 7) is 3.67. The summed E-state index contributed by atoms with van der Waals surface area (Å²) in [6.07, 6.45) is 2.97. The van der Waals surface area contributed by atoms with E-state index >= 15 is 0 Å². The molecule has 1 aromatic heterocycles. The van der Waals surface area contributed by atoms with Crippen LogP contribution in [0.3, 0.4) is 0 Å². The second kappa shape index (κ2) is 4.32. The molecule has 1 aromatic rings. The number of carbonyl (C=O) groups excluding carboxylic acids is 1. The van der Waals surface area contributed by atoms with Crippen LogP contribution in [0.1, 0.15) is 10.4 Å². The Morgan fingerprint density at radius 3 is 3.25 bits per heavy atom. The van der Waals surface area contributed by atoms with E-state index in [-0.39, 0.29) is 12.5 Å². The molecule has 2 heterocycles. The number of fused-ring (bicyclic) bond motifs is 1. The van der Waals surface area contributed by atoms with Crippen molar-refractivity contribution in [2.75, 3.05) is 11.9 Å². The van der Waals surface area contributed by atoms with E-state index in [1.807, 2.05) is 0 Å². The van der Waals surface area contributed by atoms with Crippen molar-refractivity contribution in [3.63, 3.8) is 0 Å². The third-order valence-corrected chi connectivity index (χ3v) is 2.33. The molecule has 0 saturated carbocycles. The monoisotopic (exact) mass is 236 g/mol. The minimum absolute atomic E-state index is 0.183. The fraction of sp³-hybridized carbons (Fsp3) is 0.100. The first-order chi connectivity index (χ1) is 7.72. The predicted octanol–water partition coefficient (Wildman–Crippen LogP) is 1.65. The van der Waals surface area contributed by atoms with Crippen LogP contribution in [-0.2, 0) is 0 Å². The van der Waals surface area contributed by atoms with Gasteiger partial charge in [0, 0.05) is 24.2 Å². The lowest BCUT2D eigenvalue weighted by Gasteiger charge is -2.09. The molecule has 0 radical (unpaired) electrons. The van der Waals surface area contributed by atoms with Crippen LogP contribution in [0.2, 0.25) is 0 Å². The van der Waals surface area contributed by atoms with Crippen molar-refractivity contribution in [1.82, 2.24) is 9.40 Å². The van der Waals surface area contributed by atoms with Crippen LogP contribution < -0.4 is 5.32 Å². The molecule has 2 rings (SSSR count). The summed E-state index contributed by atoms with van der Waals surface area (Å²) >= 11 is 5.83. The second-order valence-electron chi connectivity index (χ2n) is 3.11. The number of pyridine rings is 1. The number of nitrogens with one attached hydrogen (secondary N) is 1. The minimum Gasteiger partial charge on any atom is -0.326 e. The Morgan fingerprint density at radius 2 is 2.50 bits per heavy atom. The van der Waals surface area contributed by atoms with E-state index in [4.69, 9.17) is 11.8 Å². The number of anilines is 1. The Morgan fingerprint density at radius 1 is 1.69 bits per heavy atom. The maximum atomic E-state index is 11.8. The highest BCUT2D eigenvalue weighted by Gasteiger charge is 2.24.